The molecule has 98 valence electrons. The van der Waals surface area contributed by atoms with Crippen molar-refractivity contribution in [2.24, 2.45) is 17.3 Å². The zero-order valence-electron chi connectivity index (χ0n) is 11.3. The van der Waals surface area contributed by atoms with Crippen LogP contribution in [0.5, 0.6) is 0 Å². The zero-order chi connectivity index (χ0) is 13.3. The summed E-state index contributed by atoms with van der Waals surface area (Å²) >= 11 is 0. The van der Waals surface area contributed by atoms with Crippen LogP contribution in [0.15, 0.2) is 17.8 Å². The highest BCUT2D eigenvalue weighted by atomic mass is 16.2. The Morgan fingerprint density at radius 2 is 2.28 bits per heavy atom. The van der Waals surface area contributed by atoms with Gasteiger partial charge in [-0.25, -0.2) is 0 Å². The van der Waals surface area contributed by atoms with Gasteiger partial charge in [0.2, 0.25) is 5.91 Å². The Morgan fingerprint density at radius 3 is 2.83 bits per heavy atom. The van der Waals surface area contributed by atoms with Crippen LogP contribution in [-0.2, 0) is 11.3 Å². The second kappa shape index (κ2) is 4.55. The lowest BCUT2D eigenvalue weighted by Crippen LogP contribution is -2.26. The Hall–Kier alpha value is -1.65. The van der Waals surface area contributed by atoms with Gasteiger partial charge in [-0.2, -0.15) is 15.4 Å². The first-order valence-corrected chi connectivity index (χ1v) is 6.20. The second-order valence-corrected chi connectivity index (χ2v) is 5.75. The molecule has 0 aromatic carbocycles. The van der Waals surface area contributed by atoms with Crippen molar-refractivity contribution in [2.45, 2.75) is 34.2 Å². The molecule has 1 saturated carbocycles. The monoisotopic (exact) mass is 248 g/mol. The molecule has 0 aliphatic heterocycles. The molecule has 0 saturated heterocycles. The number of aromatic nitrogens is 3. The minimum Gasteiger partial charge on any atom is -0.350 e. The standard InChI is InChI=1S/C13H20N4O/c1-8(2)5-10-11(13(10,3)4)12(18)14-6-9-7-15-17-16-9/h5,7,10-11H,6H2,1-4H3,(H,14,18)(H,15,16,17)/t10-,11-/m1/s1. The van der Waals surface area contributed by atoms with Crippen molar-refractivity contribution in [3.8, 4) is 0 Å². The molecule has 0 unspecified atom stereocenters. The topological polar surface area (TPSA) is 70.7 Å². The van der Waals surface area contributed by atoms with Gasteiger partial charge in [0.05, 0.1) is 18.7 Å². The quantitative estimate of drug-likeness (QED) is 0.796. The minimum atomic E-state index is 0.0607. The van der Waals surface area contributed by atoms with Gasteiger partial charge in [0, 0.05) is 0 Å². The van der Waals surface area contributed by atoms with E-state index in [0.29, 0.717) is 12.5 Å². The molecule has 5 nitrogen and oxygen atoms in total. The third-order valence-electron chi connectivity index (χ3n) is 3.61. The summed E-state index contributed by atoms with van der Waals surface area (Å²) in [6.45, 7) is 8.84. The van der Waals surface area contributed by atoms with Crippen molar-refractivity contribution < 1.29 is 4.79 Å². The number of hydrogen-bond donors (Lipinski definition) is 2. The summed E-state index contributed by atoms with van der Waals surface area (Å²) in [5, 5.41) is 13.1. The molecule has 1 heterocycles. The third-order valence-corrected chi connectivity index (χ3v) is 3.61. The maximum absolute atomic E-state index is 12.1. The van der Waals surface area contributed by atoms with E-state index in [1.807, 2.05) is 0 Å². The van der Waals surface area contributed by atoms with Crippen molar-refractivity contribution >= 4 is 5.91 Å². The van der Waals surface area contributed by atoms with Crippen molar-refractivity contribution in [2.75, 3.05) is 0 Å². The molecule has 5 heteroatoms. The van der Waals surface area contributed by atoms with Gasteiger partial charge >= 0.3 is 0 Å². The summed E-state index contributed by atoms with van der Waals surface area (Å²) in [5.41, 5.74) is 2.07. The lowest BCUT2D eigenvalue weighted by molar-refractivity contribution is -0.123. The van der Waals surface area contributed by atoms with Crippen LogP contribution in [0.2, 0.25) is 0 Å². The van der Waals surface area contributed by atoms with Gasteiger partial charge in [-0.3, -0.25) is 4.79 Å². The molecule has 2 atom stereocenters. The fraction of sp³-hybridized carbons (Fsp3) is 0.615. The fourth-order valence-corrected chi connectivity index (χ4v) is 2.45. The highest BCUT2D eigenvalue weighted by molar-refractivity contribution is 5.83. The van der Waals surface area contributed by atoms with Gasteiger partial charge in [-0.1, -0.05) is 25.5 Å². The second-order valence-electron chi connectivity index (χ2n) is 5.75. The lowest BCUT2D eigenvalue weighted by atomic mass is 10.1. The van der Waals surface area contributed by atoms with E-state index in [2.05, 4.69) is 54.5 Å². The predicted molar refractivity (Wildman–Crippen MR) is 68.4 cm³/mol. The van der Waals surface area contributed by atoms with E-state index in [1.165, 1.54) is 5.57 Å². The summed E-state index contributed by atoms with van der Waals surface area (Å²) in [4.78, 5) is 12.1. The molecule has 2 rings (SSSR count). The van der Waals surface area contributed by atoms with E-state index in [9.17, 15) is 4.79 Å². The van der Waals surface area contributed by atoms with Crippen LogP contribution in [0.1, 0.15) is 33.4 Å². The van der Waals surface area contributed by atoms with E-state index < -0.39 is 0 Å². The van der Waals surface area contributed by atoms with Crippen LogP contribution in [-0.4, -0.2) is 21.3 Å². The Balaban J connectivity index is 1.92. The van der Waals surface area contributed by atoms with Crippen LogP contribution in [0.4, 0.5) is 0 Å². The summed E-state index contributed by atoms with van der Waals surface area (Å²) in [7, 11) is 0. The van der Waals surface area contributed by atoms with E-state index in [0.717, 1.165) is 5.69 Å². The number of nitrogens with zero attached hydrogens (tertiary/aromatic N) is 2. The van der Waals surface area contributed by atoms with Crippen molar-refractivity contribution in [3.05, 3.63) is 23.5 Å². The molecule has 1 amide bonds. The number of nitrogens with one attached hydrogen (secondary N) is 2. The van der Waals surface area contributed by atoms with Gasteiger partial charge in [-0.05, 0) is 25.2 Å². The Kier molecular flexibility index (Phi) is 3.24. The number of amides is 1. The predicted octanol–water partition coefficient (Wildman–Crippen LogP) is 1.66. The van der Waals surface area contributed by atoms with Gasteiger partial charge in [-0.15, -0.1) is 0 Å². The number of carbonyl (C=O) groups is 1. The number of aromatic amines is 1. The van der Waals surface area contributed by atoms with Crippen molar-refractivity contribution in [1.82, 2.24) is 20.7 Å². The van der Waals surface area contributed by atoms with E-state index in [1.54, 1.807) is 6.20 Å². The SMILES string of the molecule is CC(C)=C[C@@H]1[C@H](C(=O)NCc2cn[nH]n2)C1(C)C. The summed E-state index contributed by atoms with van der Waals surface area (Å²) < 4.78 is 0. The normalized spacial score (nSPS) is 24.4. The largest absolute Gasteiger partial charge is 0.350 e. The van der Waals surface area contributed by atoms with Crippen molar-refractivity contribution in [3.63, 3.8) is 0 Å². The summed E-state index contributed by atoms with van der Waals surface area (Å²) in [6, 6.07) is 0. The van der Waals surface area contributed by atoms with Crippen LogP contribution in [0.25, 0.3) is 0 Å². The Morgan fingerprint density at radius 1 is 1.56 bits per heavy atom. The molecule has 1 aliphatic carbocycles. The first-order chi connectivity index (χ1) is 8.43. The molecule has 18 heavy (non-hydrogen) atoms. The first kappa shape index (κ1) is 12.8. The molecule has 0 radical (unpaired) electrons. The highest BCUT2D eigenvalue weighted by Gasteiger charge is 2.60. The fourth-order valence-electron chi connectivity index (χ4n) is 2.45. The molecule has 1 aromatic rings. The molecule has 0 spiro atoms. The maximum atomic E-state index is 12.1. The van der Waals surface area contributed by atoms with E-state index in [-0.39, 0.29) is 17.2 Å². The van der Waals surface area contributed by atoms with E-state index >= 15 is 0 Å². The van der Waals surface area contributed by atoms with Crippen LogP contribution in [0, 0.1) is 17.3 Å². The average molecular weight is 248 g/mol. The Labute approximate surface area is 107 Å². The molecule has 2 N–H and O–H groups in total. The molecule has 0 bridgehead atoms. The molecular weight excluding hydrogens is 228 g/mol. The first-order valence-electron chi connectivity index (χ1n) is 6.20. The number of allylic oxidation sites excluding steroid dienone is 2. The molecule has 1 aromatic heterocycles. The average Bonchev–Trinajstić information content (AvgIpc) is 2.70. The van der Waals surface area contributed by atoms with Crippen LogP contribution < -0.4 is 5.32 Å². The summed E-state index contributed by atoms with van der Waals surface area (Å²) in [6.07, 6.45) is 3.81. The number of hydrogen-bond acceptors (Lipinski definition) is 3. The van der Waals surface area contributed by atoms with Gasteiger partial charge < -0.3 is 5.32 Å². The summed E-state index contributed by atoms with van der Waals surface area (Å²) in [5.74, 6) is 0.518. The lowest BCUT2D eigenvalue weighted by Gasteiger charge is -2.03. The highest BCUT2D eigenvalue weighted by Crippen LogP contribution is 2.59. The minimum absolute atomic E-state index is 0.0607. The van der Waals surface area contributed by atoms with Crippen molar-refractivity contribution in [1.29, 1.82) is 0 Å². The number of H-pyrrole nitrogens is 1. The molecule has 1 aliphatic rings. The zero-order valence-corrected chi connectivity index (χ0v) is 11.3. The van der Waals surface area contributed by atoms with Crippen LogP contribution >= 0.6 is 0 Å². The smallest absolute Gasteiger partial charge is 0.224 e. The number of carbonyl (C=O) groups excluding carboxylic acids is 1. The van der Waals surface area contributed by atoms with Crippen LogP contribution in [0.3, 0.4) is 0 Å². The van der Waals surface area contributed by atoms with Gasteiger partial charge in [0.1, 0.15) is 5.69 Å². The molecular formula is C13H20N4O. The third kappa shape index (κ3) is 2.44. The van der Waals surface area contributed by atoms with Gasteiger partial charge in [0.25, 0.3) is 0 Å². The van der Waals surface area contributed by atoms with Gasteiger partial charge in [0.15, 0.2) is 0 Å². The van der Waals surface area contributed by atoms with E-state index in [4.69, 9.17) is 0 Å². The molecule has 1 fully saturated rings. The number of rotatable bonds is 4. The maximum Gasteiger partial charge on any atom is 0.224 e. The Bertz CT molecular complexity index is 457.